The number of aliphatic hydroxyl groups excluding tert-OH is 4. The second kappa shape index (κ2) is 18.8. The van der Waals surface area contributed by atoms with Gasteiger partial charge < -0.3 is 58.3 Å². The monoisotopic (exact) mass is 662 g/mol. The van der Waals surface area contributed by atoms with E-state index in [1.807, 2.05) is 24.3 Å². The van der Waals surface area contributed by atoms with E-state index in [-0.39, 0.29) is 77.3 Å². The number of hydrogen-bond acceptors (Lipinski definition) is 12. The smallest absolute Gasteiger partial charge is 0.161 e. The highest BCUT2D eigenvalue weighted by Gasteiger charge is 2.31. The molecular formula is C35H50O12. The molecule has 0 radical (unpaired) electrons. The molecule has 6 rings (SSSR count). The zero-order valence-corrected chi connectivity index (χ0v) is 26.9. The van der Waals surface area contributed by atoms with Crippen molar-refractivity contribution in [3.8, 4) is 23.0 Å². The molecular weight excluding hydrogens is 612 g/mol. The van der Waals surface area contributed by atoms with Crippen molar-refractivity contribution in [2.24, 2.45) is 0 Å². The average Bonchev–Trinajstić information content (AvgIpc) is 3.55. The first-order valence-corrected chi connectivity index (χ1v) is 16.8. The summed E-state index contributed by atoms with van der Waals surface area (Å²) in [6.45, 7) is 1.32. The van der Waals surface area contributed by atoms with Crippen molar-refractivity contribution in [2.75, 3.05) is 52.9 Å². The molecule has 2 heterocycles. The van der Waals surface area contributed by atoms with E-state index in [2.05, 4.69) is 0 Å². The molecule has 2 aliphatic carbocycles. The van der Waals surface area contributed by atoms with Crippen LogP contribution in [-0.4, -0.2) is 122 Å². The Hall–Kier alpha value is -2.68. The number of ether oxygens (including phenoxy) is 8. The molecule has 4 unspecified atom stereocenters. The molecule has 262 valence electrons. The second-order valence-electron chi connectivity index (χ2n) is 12.5. The number of hydrogen-bond donors (Lipinski definition) is 4. The molecule has 0 aromatic heterocycles. The van der Waals surface area contributed by atoms with E-state index in [9.17, 15) is 20.4 Å². The molecule has 12 nitrogen and oxygen atoms in total. The number of rotatable bonds is 0. The van der Waals surface area contributed by atoms with Crippen LogP contribution >= 0.6 is 0 Å². The summed E-state index contributed by atoms with van der Waals surface area (Å²) in [5, 5.41) is 40.3. The Kier molecular flexibility index (Phi) is 14.2. The number of aliphatic hydroxyl groups is 4. The third-order valence-electron chi connectivity index (χ3n) is 8.47. The van der Waals surface area contributed by atoms with Gasteiger partial charge in [-0.05, 0) is 56.4 Å². The van der Waals surface area contributed by atoms with E-state index >= 15 is 0 Å². The zero-order chi connectivity index (χ0) is 32.8. The summed E-state index contributed by atoms with van der Waals surface area (Å²) in [4.78, 5) is 0. The molecule has 2 aromatic rings. The molecule has 12 heteroatoms. The van der Waals surface area contributed by atoms with Crippen LogP contribution in [0, 0.1) is 0 Å². The maximum atomic E-state index is 10.1. The minimum Gasteiger partial charge on any atom is -0.487 e. The van der Waals surface area contributed by atoms with Gasteiger partial charge in [0.05, 0.1) is 50.8 Å². The van der Waals surface area contributed by atoms with E-state index in [0.29, 0.717) is 23.0 Å². The average molecular weight is 663 g/mol. The van der Waals surface area contributed by atoms with Gasteiger partial charge in [-0.25, -0.2) is 0 Å². The normalized spacial score (nSPS) is 32.6. The molecule has 4 aliphatic rings. The molecule has 0 saturated heterocycles. The van der Waals surface area contributed by atoms with E-state index in [1.165, 1.54) is 0 Å². The van der Waals surface area contributed by atoms with Crippen LogP contribution < -0.4 is 18.9 Å². The largest absolute Gasteiger partial charge is 0.487 e. The van der Waals surface area contributed by atoms with Crippen LogP contribution in [0.4, 0.5) is 0 Å². The Morgan fingerprint density at radius 1 is 0.362 bits per heavy atom. The fraction of sp³-hybridized carbons (Fsp3) is 0.657. The van der Waals surface area contributed by atoms with Crippen LogP contribution in [0.5, 0.6) is 23.0 Å². The third kappa shape index (κ3) is 11.5. The molecule has 0 spiro atoms. The Bertz CT molecular complexity index is 1090. The van der Waals surface area contributed by atoms with E-state index < -0.39 is 24.4 Å². The fourth-order valence-electron chi connectivity index (χ4n) is 5.97. The predicted octanol–water partition coefficient (Wildman–Crippen LogP) is 2.66. The third-order valence-corrected chi connectivity index (χ3v) is 8.47. The van der Waals surface area contributed by atoms with Crippen molar-refractivity contribution in [1.29, 1.82) is 0 Å². The molecule has 0 bridgehead atoms. The van der Waals surface area contributed by atoms with Crippen molar-refractivity contribution in [3.63, 3.8) is 0 Å². The first-order valence-electron chi connectivity index (χ1n) is 16.8. The molecule has 4 N–H and O–H groups in total. The minimum absolute atomic E-state index is 0.0343. The Morgan fingerprint density at radius 2 is 0.617 bits per heavy atom. The molecule has 8 atom stereocenters. The van der Waals surface area contributed by atoms with Gasteiger partial charge in [0.15, 0.2) is 23.0 Å². The van der Waals surface area contributed by atoms with Gasteiger partial charge in [-0.1, -0.05) is 37.1 Å². The van der Waals surface area contributed by atoms with E-state index in [1.54, 1.807) is 24.3 Å². The van der Waals surface area contributed by atoms with Crippen LogP contribution in [-0.2, 0) is 18.9 Å². The highest BCUT2D eigenvalue weighted by atomic mass is 16.6. The summed E-state index contributed by atoms with van der Waals surface area (Å²) < 4.78 is 45.8. The number of para-hydroxylation sites is 4. The maximum absolute atomic E-state index is 10.1. The molecule has 47 heavy (non-hydrogen) atoms. The summed E-state index contributed by atoms with van der Waals surface area (Å²) in [7, 11) is 0. The minimum atomic E-state index is -0.714. The highest BCUT2D eigenvalue weighted by Crippen LogP contribution is 2.30. The van der Waals surface area contributed by atoms with Gasteiger partial charge in [-0.15, -0.1) is 0 Å². The zero-order valence-electron chi connectivity index (χ0n) is 26.9. The summed E-state index contributed by atoms with van der Waals surface area (Å²) in [6, 6.07) is 14.4. The van der Waals surface area contributed by atoms with Crippen LogP contribution in [0.2, 0.25) is 0 Å². The molecule has 2 aromatic carbocycles. The lowest BCUT2D eigenvalue weighted by Crippen LogP contribution is -2.39. The number of benzene rings is 2. The standard InChI is InChI=1S/C18H26O6.C17H24O6/c19-13-9-21-15-5-1-2-6-16(15)22-10-14(20)12-24-18-8-4-3-7-17(18)23-11-13;18-12-8-20-14-4-1-2-5-15(14)21-9-13(19)11-23-17-7-3-6-16(17)22-10-12/h1-2,5-6,13-14,17-20H,3-4,7-12H2;1-2,4-5,12-13,16-19H,3,6-11H2/t13?,14?,17-,18+;12?,13?,16-,17+. The van der Waals surface area contributed by atoms with E-state index in [4.69, 9.17) is 37.9 Å². The maximum Gasteiger partial charge on any atom is 0.161 e. The van der Waals surface area contributed by atoms with Crippen molar-refractivity contribution in [2.45, 2.75) is 93.8 Å². The quantitative estimate of drug-likeness (QED) is 0.328. The Labute approximate surface area is 276 Å². The van der Waals surface area contributed by atoms with Gasteiger partial charge in [-0.3, -0.25) is 0 Å². The molecule has 0 amide bonds. The van der Waals surface area contributed by atoms with Crippen LogP contribution in [0.15, 0.2) is 48.5 Å². The van der Waals surface area contributed by atoms with Gasteiger partial charge in [0, 0.05) is 0 Å². The predicted molar refractivity (Wildman–Crippen MR) is 170 cm³/mol. The van der Waals surface area contributed by atoms with Gasteiger partial charge in [0.1, 0.15) is 50.8 Å². The lowest BCUT2D eigenvalue weighted by atomic mass is 9.94. The molecule has 2 aliphatic heterocycles. The van der Waals surface area contributed by atoms with Gasteiger partial charge in [0.2, 0.25) is 0 Å². The molecule has 2 saturated carbocycles. The first-order chi connectivity index (χ1) is 22.9. The summed E-state index contributed by atoms with van der Waals surface area (Å²) in [5.41, 5.74) is 0. The summed E-state index contributed by atoms with van der Waals surface area (Å²) in [5.74, 6) is 2.15. The topological polar surface area (TPSA) is 155 Å². The lowest BCUT2D eigenvalue weighted by Gasteiger charge is -2.32. The van der Waals surface area contributed by atoms with Crippen molar-refractivity contribution in [3.05, 3.63) is 48.5 Å². The van der Waals surface area contributed by atoms with Gasteiger partial charge >= 0.3 is 0 Å². The SMILES string of the molecule is OC1COc2ccccc2OCC(O)CO[C@@H]2CCCC[C@@H]2OC1.OC1COc2ccccc2OCC(O)CO[C@@H]2CCC[C@@H]2OC1. The van der Waals surface area contributed by atoms with Crippen molar-refractivity contribution in [1.82, 2.24) is 0 Å². The van der Waals surface area contributed by atoms with Crippen LogP contribution in [0.25, 0.3) is 0 Å². The highest BCUT2D eigenvalue weighted by molar-refractivity contribution is 5.40. The Balaban J connectivity index is 0.000000185. The summed E-state index contributed by atoms with van der Waals surface area (Å²) >= 11 is 0. The Morgan fingerprint density at radius 3 is 0.894 bits per heavy atom. The van der Waals surface area contributed by atoms with Crippen molar-refractivity contribution >= 4 is 0 Å². The van der Waals surface area contributed by atoms with Gasteiger partial charge in [0.25, 0.3) is 0 Å². The van der Waals surface area contributed by atoms with E-state index in [0.717, 1.165) is 44.9 Å². The van der Waals surface area contributed by atoms with Crippen molar-refractivity contribution < 1.29 is 58.3 Å². The van der Waals surface area contributed by atoms with Crippen LogP contribution in [0.3, 0.4) is 0 Å². The fourth-order valence-corrected chi connectivity index (χ4v) is 5.97. The first kappa shape index (κ1) is 35.6. The second-order valence-corrected chi connectivity index (χ2v) is 12.5. The lowest BCUT2D eigenvalue weighted by molar-refractivity contribution is -0.126. The van der Waals surface area contributed by atoms with Gasteiger partial charge in [-0.2, -0.15) is 0 Å². The number of fused-ring (bicyclic) bond motifs is 4. The summed E-state index contributed by atoms with van der Waals surface area (Å²) in [6.07, 6.45) is 3.85. The van der Waals surface area contributed by atoms with Crippen LogP contribution in [0.1, 0.15) is 44.9 Å². The molecule has 2 fully saturated rings.